The predicted molar refractivity (Wildman–Crippen MR) is 104 cm³/mol. The molecule has 0 radical (unpaired) electrons. The van der Waals surface area contributed by atoms with Crippen LogP contribution in [0.2, 0.25) is 0 Å². The van der Waals surface area contributed by atoms with E-state index in [1.165, 1.54) is 23.4 Å². The van der Waals surface area contributed by atoms with Crippen LogP contribution in [0.1, 0.15) is 20.3 Å². The summed E-state index contributed by atoms with van der Waals surface area (Å²) < 4.78 is 25.4. The van der Waals surface area contributed by atoms with Gasteiger partial charge in [0.2, 0.25) is 10.0 Å². The average molecular weight is 408 g/mol. The van der Waals surface area contributed by atoms with Gasteiger partial charge in [-0.05, 0) is 31.5 Å². The van der Waals surface area contributed by atoms with Gasteiger partial charge in [0.15, 0.2) is 5.57 Å². The van der Waals surface area contributed by atoms with Gasteiger partial charge in [-0.1, -0.05) is 6.92 Å². The third-order valence-electron chi connectivity index (χ3n) is 3.87. The lowest BCUT2D eigenvalue weighted by Gasteiger charge is -2.26. The lowest BCUT2D eigenvalue weighted by atomic mass is 10.1. The highest BCUT2D eigenvalue weighted by Crippen LogP contribution is 2.30. The Morgan fingerprint density at radius 2 is 1.79 bits per heavy atom. The van der Waals surface area contributed by atoms with Crippen molar-refractivity contribution in [1.29, 1.82) is 0 Å². The Labute approximate surface area is 161 Å². The molecule has 2 aromatic rings. The number of carboxylic acids is 2. The summed E-state index contributed by atoms with van der Waals surface area (Å²) in [7, 11) is -3.51. The van der Waals surface area contributed by atoms with Crippen molar-refractivity contribution in [3.8, 4) is 0 Å². The smallest absolute Gasteiger partial charge is 0.344 e. The minimum atomic E-state index is -3.51. The highest BCUT2D eigenvalue weighted by molar-refractivity contribution is 7.92. The van der Waals surface area contributed by atoms with Crippen LogP contribution in [-0.4, -0.2) is 53.3 Å². The monoisotopic (exact) mass is 408 g/mol. The van der Waals surface area contributed by atoms with E-state index >= 15 is 0 Å². The Balaban J connectivity index is 2.75. The van der Waals surface area contributed by atoms with E-state index in [0.717, 1.165) is 6.26 Å². The molecule has 0 atom stereocenters. The van der Waals surface area contributed by atoms with Crippen LogP contribution >= 0.6 is 0 Å². The predicted octanol–water partition coefficient (Wildman–Crippen LogP) is 1.66. The molecule has 150 valence electrons. The number of aromatic nitrogens is 2. The maximum absolute atomic E-state index is 11.5. The largest absolute Gasteiger partial charge is 0.477 e. The van der Waals surface area contributed by atoms with Crippen molar-refractivity contribution in [1.82, 2.24) is 9.97 Å². The van der Waals surface area contributed by atoms with Crippen molar-refractivity contribution in [2.75, 3.05) is 22.4 Å². The van der Waals surface area contributed by atoms with Gasteiger partial charge in [0.1, 0.15) is 12.1 Å². The van der Waals surface area contributed by atoms with Crippen LogP contribution in [0.25, 0.3) is 10.9 Å². The Kier molecular flexibility index (Phi) is 6.19. The van der Waals surface area contributed by atoms with Crippen LogP contribution in [0.4, 0.5) is 11.5 Å². The molecule has 2 rings (SSSR count). The molecule has 0 fully saturated rings. The molecule has 0 spiro atoms. The number of sulfonamides is 1. The third kappa shape index (κ3) is 4.55. The fourth-order valence-electron chi connectivity index (χ4n) is 2.85. The highest BCUT2D eigenvalue weighted by Gasteiger charge is 2.26. The van der Waals surface area contributed by atoms with Crippen LogP contribution < -0.4 is 9.62 Å². The molecule has 0 saturated carbocycles. The number of fused-ring (bicyclic) bond motifs is 1. The number of benzene rings is 1. The zero-order chi connectivity index (χ0) is 21.1. The number of nitrogens with zero attached hydrogens (tertiary/aromatic N) is 3. The summed E-state index contributed by atoms with van der Waals surface area (Å²) in [5.41, 5.74) is 0.0940. The van der Waals surface area contributed by atoms with E-state index in [1.807, 2.05) is 0 Å². The number of carbonyl (C=O) groups is 2. The second-order valence-electron chi connectivity index (χ2n) is 5.83. The molecule has 28 heavy (non-hydrogen) atoms. The second-order valence-corrected chi connectivity index (χ2v) is 7.58. The summed E-state index contributed by atoms with van der Waals surface area (Å²) in [5, 5.41) is 19.1. The summed E-state index contributed by atoms with van der Waals surface area (Å²) in [6.07, 6.45) is 2.43. The van der Waals surface area contributed by atoms with Gasteiger partial charge in [-0.2, -0.15) is 0 Å². The van der Waals surface area contributed by atoms with Crippen molar-refractivity contribution in [2.45, 2.75) is 20.3 Å². The van der Waals surface area contributed by atoms with Gasteiger partial charge in [0, 0.05) is 23.3 Å². The second kappa shape index (κ2) is 8.21. The molecule has 11 heteroatoms. The molecule has 0 aliphatic carbocycles. The molecular formula is C17H20N4O6S. The molecule has 0 bridgehead atoms. The van der Waals surface area contributed by atoms with Crippen molar-refractivity contribution in [3.05, 3.63) is 35.8 Å². The van der Waals surface area contributed by atoms with Gasteiger partial charge in [0.25, 0.3) is 0 Å². The Morgan fingerprint density at radius 3 is 2.29 bits per heavy atom. The van der Waals surface area contributed by atoms with E-state index in [2.05, 4.69) is 14.7 Å². The van der Waals surface area contributed by atoms with Crippen molar-refractivity contribution >= 4 is 44.4 Å². The van der Waals surface area contributed by atoms with Gasteiger partial charge < -0.3 is 15.1 Å². The molecule has 10 nitrogen and oxygen atoms in total. The zero-order valence-corrected chi connectivity index (χ0v) is 16.3. The fraction of sp³-hybridized carbons (Fsp3) is 0.294. The van der Waals surface area contributed by atoms with Gasteiger partial charge in [0.05, 0.1) is 11.8 Å². The first-order chi connectivity index (χ1) is 13.1. The number of rotatable bonds is 8. The Morgan fingerprint density at radius 1 is 1.14 bits per heavy atom. The lowest BCUT2D eigenvalue weighted by Crippen LogP contribution is -2.28. The summed E-state index contributed by atoms with van der Waals surface area (Å²) >= 11 is 0. The molecule has 0 aliphatic heterocycles. The van der Waals surface area contributed by atoms with Crippen molar-refractivity contribution in [2.24, 2.45) is 0 Å². The zero-order valence-electron chi connectivity index (χ0n) is 15.5. The SMILES string of the molecule is CCC(=C(C(=O)O)C(=O)O)N(CC)c1ncnc2ccc(NS(C)(=O)=O)cc12. The number of carboxylic acid groups (broad SMARTS) is 2. The average Bonchev–Trinajstić information content (AvgIpc) is 2.59. The Hall–Kier alpha value is -3.21. The number of nitrogens with one attached hydrogen (secondary N) is 1. The first-order valence-corrected chi connectivity index (χ1v) is 10.2. The van der Waals surface area contributed by atoms with Gasteiger partial charge in [-0.3, -0.25) is 4.72 Å². The normalized spacial score (nSPS) is 11.1. The van der Waals surface area contributed by atoms with Crippen LogP contribution in [0.5, 0.6) is 0 Å². The standard InChI is InChI=1S/C17H20N4O6S/c1-4-13(14(16(22)23)17(24)25)21(5-2)15-11-8-10(20-28(3,26)27)6-7-12(11)18-9-19-15/h6-9,20H,4-5H2,1-3H3,(H,22,23)(H,24,25). The minimum Gasteiger partial charge on any atom is -0.477 e. The number of allylic oxidation sites excluding steroid dienone is 1. The van der Waals surface area contributed by atoms with E-state index in [9.17, 15) is 28.2 Å². The Bertz CT molecular complexity index is 1050. The van der Waals surface area contributed by atoms with Gasteiger partial charge >= 0.3 is 11.9 Å². The minimum absolute atomic E-state index is 0.0731. The molecule has 0 amide bonds. The van der Waals surface area contributed by atoms with Crippen LogP contribution in [0.15, 0.2) is 35.8 Å². The molecule has 3 N–H and O–H groups in total. The quantitative estimate of drug-likeness (QED) is 0.336. The van der Waals surface area contributed by atoms with Gasteiger partial charge in [-0.15, -0.1) is 0 Å². The van der Waals surface area contributed by atoms with Crippen LogP contribution in [0.3, 0.4) is 0 Å². The van der Waals surface area contributed by atoms with Crippen LogP contribution in [0, 0.1) is 0 Å². The molecule has 1 heterocycles. The molecule has 1 aromatic heterocycles. The molecule has 0 unspecified atom stereocenters. The summed E-state index contributed by atoms with van der Waals surface area (Å²) in [5.74, 6) is -2.83. The number of hydrogen-bond donors (Lipinski definition) is 3. The topological polar surface area (TPSA) is 150 Å². The van der Waals surface area contributed by atoms with Crippen molar-refractivity contribution < 1.29 is 28.2 Å². The maximum atomic E-state index is 11.5. The third-order valence-corrected chi connectivity index (χ3v) is 4.47. The van der Waals surface area contributed by atoms with Gasteiger partial charge in [-0.25, -0.2) is 28.0 Å². The summed E-state index contributed by atoms with van der Waals surface area (Å²) in [6.45, 7) is 3.61. The first-order valence-electron chi connectivity index (χ1n) is 8.28. The molecule has 0 saturated heterocycles. The molecular weight excluding hydrogens is 388 g/mol. The van der Waals surface area contributed by atoms with E-state index in [4.69, 9.17) is 0 Å². The first kappa shape index (κ1) is 21.1. The van der Waals surface area contributed by atoms with Crippen molar-refractivity contribution in [3.63, 3.8) is 0 Å². The maximum Gasteiger partial charge on any atom is 0.344 e. The molecule has 0 aliphatic rings. The lowest BCUT2D eigenvalue weighted by molar-refractivity contribution is -0.140. The number of aliphatic carboxylic acids is 2. The van der Waals surface area contributed by atoms with E-state index < -0.39 is 27.5 Å². The fourth-order valence-corrected chi connectivity index (χ4v) is 3.40. The van der Waals surface area contributed by atoms with E-state index in [1.54, 1.807) is 19.9 Å². The highest BCUT2D eigenvalue weighted by atomic mass is 32.2. The van der Waals surface area contributed by atoms with Crippen LogP contribution in [-0.2, 0) is 19.6 Å². The summed E-state index contributed by atoms with van der Waals surface area (Å²) in [4.78, 5) is 32.8. The molecule has 1 aromatic carbocycles. The van der Waals surface area contributed by atoms with E-state index in [0.29, 0.717) is 10.9 Å². The number of hydrogen-bond acceptors (Lipinski definition) is 7. The summed E-state index contributed by atoms with van der Waals surface area (Å²) in [6, 6.07) is 4.64. The van der Waals surface area contributed by atoms with E-state index in [-0.39, 0.29) is 30.2 Å². The number of anilines is 2.